The number of aromatic carboxylic acids is 1. The van der Waals surface area contributed by atoms with E-state index in [-0.39, 0.29) is 23.1 Å². The number of nitrogens with zero attached hydrogens (tertiary/aromatic N) is 1. The van der Waals surface area contributed by atoms with Crippen LogP contribution in [0, 0.1) is 0 Å². The second-order valence-electron chi connectivity index (χ2n) is 4.04. The Morgan fingerprint density at radius 3 is 2.75 bits per heavy atom. The molecule has 0 radical (unpaired) electrons. The van der Waals surface area contributed by atoms with Gasteiger partial charge in [-0.3, -0.25) is 4.79 Å². The Bertz CT molecular complexity index is 591. The largest absolute Gasteiger partial charge is 0.482 e. The van der Waals surface area contributed by atoms with Crippen LogP contribution in [-0.4, -0.2) is 35.5 Å². The molecule has 20 heavy (non-hydrogen) atoms. The lowest BCUT2D eigenvalue weighted by Crippen LogP contribution is -2.30. The molecule has 0 aliphatic carbocycles. The lowest BCUT2D eigenvalue weighted by atomic mass is 10.4. The maximum atomic E-state index is 11.9. The van der Waals surface area contributed by atoms with Gasteiger partial charge in [0.15, 0.2) is 11.5 Å². The van der Waals surface area contributed by atoms with Crippen molar-refractivity contribution in [1.82, 2.24) is 4.90 Å². The zero-order valence-electron chi connectivity index (χ0n) is 10.7. The summed E-state index contributed by atoms with van der Waals surface area (Å²) in [7, 11) is 1.69. The van der Waals surface area contributed by atoms with E-state index < -0.39 is 5.97 Å². The van der Waals surface area contributed by atoms with E-state index in [1.807, 2.05) is 17.5 Å². The monoisotopic (exact) mass is 311 g/mol. The number of carboxylic acid groups (broad SMARTS) is 1. The zero-order chi connectivity index (χ0) is 14.5. The van der Waals surface area contributed by atoms with E-state index in [0.717, 1.165) is 16.2 Å². The molecule has 0 atom stereocenters. The molecule has 0 aliphatic rings. The molecule has 1 N–H and O–H groups in total. The summed E-state index contributed by atoms with van der Waals surface area (Å²) in [6.45, 7) is 0.355. The number of likely N-dealkylation sites (N-methyl/N-ethyl adjacent to an activating group) is 1. The topological polar surface area (TPSA) is 66.8 Å². The van der Waals surface area contributed by atoms with Crippen LogP contribution in [0.25, 0.3) is 0 Å². The lowest BCUT2D eigenvalue weighted by Gasteiger charge is -2.16. The summed E-state index contributed by atoms with van der Waals surface area (Å²) in [5.74, 6) is -1.00. The van der Waals surface area contributed by atoms with Gasteiger partial charge in [0, 0.05) is 11.9 Å². The Morgan fingerprint density at radius 1 is 1.30 bits per heavy atom. The van der Waals surface area contributed by atoms with Gasteiger partial charge in [-0.1, -0.05) is 6.07 Å². The van der Waals surface area contributed by atoms with Gasteiger partial charge in [-0.15, -0.1) is 22.7 Å². The lowest BCUT2D eigenvalue weighted by molar-refractivity contribution is -0.132. The molecular weight excluding hydrogens is 298 g/mol. The average Bonchev–Trinajstić information content (AvgIpc) is 3.06. The highest BCUT2D eigenvalue weighted by atomic mass is 32.1. The van der Waals surface area contributed by atoms with Gasteiger partial charge in [0.2, 0.25) is 0 Å². The zero-order valence-corrected chi connectivity index (χ0v) is 12.4. The van der Waals surface area contributed by atoms with Crippen LogP contribution in [0.15, 0.2) is 29.0 Å². The molecule has 7 heteroatoms. The third-order valence-corrected chi connectivity index (χ3v) is 4.32. The summed E-state index contributed by atoms with van der Waals surface area (Å²) in [4.78, 5) is 25.6. The molecule has 2 rings (SSSR count). The Balaban J connectivity index is 1.88. The molecule has 0 saturated heterocycles. The Morgan fingerprint density at radius 2 is 2.10 bits per heavy atom. The number of ether oxygens (including phenoxy) is 1. The van der Waals surface area contributed by atoms with Crippen molar-refractivity contribution in [3.8, 4) is 5.75 Å². The van der Waals surface area contributed by atoms with Crippen molar-refractivity contribution in [3.05, 3.63) is 38.7 Å². The van der Waals surface area contributed by atoms with Gasteiger partial charge < -0.3 is 14.7 Å². The molecule has 0 fully saturated rings. The highest BCUT2D eigenvalue weighted by Crippen LogP contribution is 2.24. The van der Waals surface area contributed by atoms with Crippen molar-refractivity contribution in [3.63, 3.8) is 0 Å². The SMILES string of the molecule is CN(Cc1cccs1)C(=O)COc1ccsc1C(=O)O. The molecule has 5 nitrogen and oxygen atoms in total. The van der Waals surface area contributed by atoms with Crippen molar-refractivity contribution < 1.29 is 19.4 Å². The number of hydrogen-bond donors (Lipinski definition) is 1. The summed E-state index contributed by atoms with van der Waals surface area (Å²) >= 11 is 2.65. The van der Waals surface area contributed by atoms with Crippen LogP contribution in [0.2, 0.25) is 0 Å². The smallest absolute Gasteiger partial charge is 0.349 e. The van der Waals surface area contributed by atoms with E-state index in [9.17, 15) is 9.59 Å². The number of rotatable bonds is 6. The molecule has 0 aromatic carbocycles. The van der Waals surface area contributed by atoms with E-state index in [0.29, 0.717) is 6.54 Å². The van der Waals surface area contributed by atoms with Crippen molar-refractivity contribution in [1.29, 1.82) is 0 Å². The fourth-order valence-electron chi connectivity index (χ4n) is 1.54. The molecule has 2 aromatic heterocycles. The van der Waals surface area contributed by atoms with E-state index in [4.69, 9.17) is 9.84 Å². The van der Waals surface area contributed by atoms with Crippen LogP contribution in [0.5, 0.6) is 5.75 Å². The standard InChI is InChI=1S/C13H13NO4S2/c1-14(7-9-3-2-5-19-9)11(15)8-18-10-4-6-20-12(10)13(16)17/h2-6H,7-8H2,1H3,(H,16,17). The third kappa shape index (κ3) is 3.58. The highest BCUT2D eigenvalue weighted by molar-refractivity contribution is 7.12. The first-order valence-corrected chi connectivity index (χ1v) is 7.54. The molecule has 0 unspecified atom stereocenters. The number of carbonyl (C=O) groups is 2. The van der Waals surface area contributed by atoms with Crippen molar-refractivity contribution in [2.24, 2.45) is 0 Å². The quantitative estimate of drug-likeness (QED) is 0.890. The van der Waals surface area contributed by atoms with Crippen LogP contribution in [0.3, 0.4) is 0 Å². The van der Waals surface area contributed by atoms with Gasteiger partial charge in [-0.05, 0) is 22.9 Å². The second-order valence-corrected chi connectivity index (χ2v) is 5.99. The van der Waals surface area contributed by atoms with Crippen LogP contribution in [0.1, 0.15) is 14.5 Å². The third-order valence-electron chi connectivity index (χ3n) is 2.57. The van der Waals surface area contributed by atoms with Gasteiger partial charge in [-0.2, -0.15) is 0 Å². The van der Waals surface area contributed by atoms with Crippen LogP contribution >= 0.6 is 22.7 Å². The Hall–Kier alpha value is -1.86. The predicted molar refractivity (Wildman–Crippen MR) is 77.6 cm³/mol. The first-order chi connectivity index (χ1) is 9.58. The number of thiophene rings is 2. The molecule has 0 bridgehead atoms. The second kappa shape index (κ2) is 6.53. The van der Waals surface area contributed by atoms with E-state index >= 15 is 0 Å². The molecule has 1 amide bonds. The summed E-state index contributed by atoms with van der Waals surface area (Å²) in [6.07, 6.45) is 0. The van der Waals surface area contributed by atoms with E-state index in [1.165, 1.54) is 0 Å². The van der Waals surface area contributed by atoms with Gasteiger partial charge in [-0.25, -0.2) is 4.79 Å². The summed E-state index contributed by atoms with van der Waals surface area (Å²) < 4.78 is 5.28. The van der Waals surface area contributed by atoms with E-state index in [1.54, 1.807) is 34.7 Å². The minimum absolute atomic E-state index is 0.110. The minimum atomic E-state index is -1.05. The van der Waals surface area contributed by atoms with Crippen molar-refractivity contribution in [2.45, 2.75) is 6.54 Å². The minimum Gasteiger partial charge on any atom is -0.482 e. The molecule has 2 heterocycles. The molecule has 2 aromatic rings. The van der Waals surface area contributed by atoms with Gasteiger partial charge in [0.05, 0.1) is 6.54 Å². The van der Waals surface area contributed by atoms with Gasteiger partial charge in [0.1, 0.15) is 5.75 Å². The number of carboxylic acids is 1. The summed E-state index contributed by atoms with van der Waals surface area (Å²) in [5.41, 5.74) is 0. The first kappa shape index (κ1) is 14.5. The fourth-order valence-corrected chi connectivity index (χ4v) is 2.97. The van der Waals surface area contributed by atoms with Crippen LogP contribution in [0.4, 0.5) is 0 Å². The molecule has 0 saturated carbocycles. The van der Waals surface area contributed by atoms with Gasteiger partial charge >= 0.3 is 5.97 Å². The van der Waals surface area contributed by atoms with Crippen molar-refractivity contribution >= 4 is 34.6 Å². The number of carbonyl (C=O) groups excluding carboxylic acids is 1. The van der Waals surface area contributed by atoms with Crippen molar-refractivity contribution in [2.75, 3.05) is 13.7 Å². The maximum Gasteiger partial charge on any atom is 0.349 e. The molecule has 0 spiro atoms. The van der Waals surface area contributed by atoms with Gasteiger partial charge in [0.25, 0.3) is 5.91 Å². The fraction of sp³-hybridized carbons (Fsp3) is 0.231. The maximum absolute atomic E-state index is 11.9. The highest BCUT2D eigenvalue weighted by Gasteiger charge is 2.16. The predicted octanol–water partition coefficient (Wildman–Crippen LogP) is 2.55. The van der Waals surface area contributed by atoms with Crippen LogP contribution < -0.4 is 4.74 Å². The normalized spacial score (nSPS) is 10.2. The first-order valence-electron chi connectivity index (χ1n) is 5.78. The summed E-state index contributed by atoms with van der Waals surface area (Å²) in [5, 5.41) is 12.5. The summed E-state index contributed by atoms with van der Waals surface area (Å²) in [6, 6.07) is 5.44. The Labute approximate surface area is 124 Å². The number of amides is 1. The molecular formula is C13H13NO4S2. The molecule has 0 aliphatic heterocycles. The van der Waals surface area contributed by atoms with E-state index in [2.05, 4.69) is 0 Å². The average molecular weight is 311 g/mol. The number of hydrogen-bond acceptors (Lipinski definition) is 5. The Kier molecular flexibility index (Phi) is 4.75. The molecule has 106 valence electrons. The van der Waals surface area contributed by atoms with Crippen LogP contribution in [-0.2, 0) is 11.3 Å².